The van der Waals surface area contributed by atoms with Crippen molar-refractivity contribution in [2.24, 2.45) is 0 Å². The Kier molecular flexibility index (Phi) is 3.30. The van der Waals surface area contributed by atoms with Crippen molar-refractivity contribution in [3.05, 3.63) is 39.7 Å². The van der Waals surface area contributed by atoms with E-state index in [1.807, 2.05) is 13.0 Å². The Morgan fingerprint density at radius 3 is 2.90 bits per heavy atom. The average molecular weight is 272 g/mol. The van der Waals surface area contributed by atoms with E-state index in [0.717, 1.165) is 42.2 Å². The lowest BCUT2D eigenvalue weighted by molar-refractivity contribution is -0.134. The van der Waals surface area contributed by atoms with Crippen LogP contribution in [0.4, 0.5) is 0 Å². The van der Waals surface area contributed by atoms with E-state index in [2.05, 4.69) is 0 Å². The van der Waals surface area contributed by atoms with Gasteiger partial charge in [-0.2, -0.15) is 0 Å². The van der Waals surface area contributed by atoms with Gasteiger partial charge >= 0.3 is 11.6 Å². The van der Waals surface area contributed by atoms with Gasteiger partial charge in [-0.3, -0.25) is 4.79 Å². The molecule has 1 aliphatic rings. The largest absolute Gasteiger partial charge is 0.426 e. The Morgan fingerprint density at radius 1 is 1.30 bits per heavy atom. The topological polar surface area (TPSA) is 56.5 Å². The van der Waals surface area contributed by atoms with Gasteiger partial charge < -0.3 is 9.15 Å². The standard InChI is InChI=1S/C16H16O4/c1-2-4-15(17)19-10-7-8-12-11-5-3-6-13(11)16(18)20-14(12)9-10/h7-9H,2-6H2,1H3. The maximum absolute atomic E-state index is 11.9. The molecule has 3 rings (SSSR count). The lowest BCUT2D eigenvalue weighted by Crippen LogP contribution is -2.08. The third kappa shape index (κ3) is 2.22. The number of esters is 1. The van der Waals surface area contributed by atoms with Gasteiger partial charge in [-0.15, -0.1) is 0 Å². The number of carbonyl (C=O) groups is 1. The summed E-state index contributed by atoms with van der Waals surface area (Å²) in [5.41, 5.74) is 2.12. The molecule has 0 atom stereocenters. The van der Waals surface area contributed by atoms with E-state index in [-0.39, 0.29) is 11.6 Å². The number of hydrogen-bond donors (Lipinski definition) is 0. The molecule has 0 saturated heterocycles. The number of rotatable bonds is 3. The predicted octanol–water partition coefficient (Wildman–Crippen LogP) is 2.99. The van der Waals surface area contributed by atoms with E-state index in [0.29, 0.717) is 17.8 Å². The molecule has 104 valence electrons. The molecule has 1 aliphatic carbocycles. The minimum Gasteiger partial charge on any atom is -0.426 e. The highest BCUT2D eigenvalue weighted by molar-refractivity contribution is 5.84. The van der Waals surface area contributed by atoms with Gasteiger partial charge in [0.05, 0.1) is 0 Å². The molecule has 0 N–H and O–H groups in total. The van der Waals surface area contributed by atoms with Crippen LogP contribution in [0.25, 0.3) is 11.0 Å². The zero-order valence-corrected chi connectivity index (χ0v) is 11.4. The first-order valence-corrected chi connectivity index (χ1v) is 6.98. The Hall–Kier alpha value is -2.10. The fraction of sp³-hybridized carbons (Fsp3) is 0.375. The van der Waals surface area contributed by atoms with Crippen LogP contribution in [0.2, 0.25) is 0 Å². The molecule has 0 bridgehead atoms. The smallest absolute Gasteiger partial charge is 0.339 e. The molecule has 0 unspecified atom stereocenters. The summed E-state index contributed by atoms with van der Waals surface area (Å²) in [7, 11) is 0. The molecular formula is C16H16O4. The first-order chi connectivity index (χ1) is 9.69. The van der Waals surface area contributed by atoms with Crippen LogP contribution in [0.15, 0.2) is 27.4 Å². The zero-order chi connectivity index (χ0) is 14.1. The maximum Gasteiger partial charge on any atom is 0.339 e. The van der Waals surface area contributed by atoms with Gasteiger partial charge in [-0.05, 0) is 43.4 Å². The summed E-state index contributed by atoms with van der Waals surface area (Å²) in [6.45, 7) is 1.92. The van der Waals surface area contributed by atoms with Gasteiger partial charge in [-0.1, -0.05) is 6.92 Å². The quantitative estimate of drug-likeness (QED) is 0.489. The molecule has 0 radical (unpaired) electrons. The highest BCUT2D eigenvalue weighted by Crippen LogP contribution is 2.29. The molecule has 2 aromatic rings. The molecule has 4 nitrogen and oxygen atoms in total. The van der Waals surface area contributed by atoms with Crippen LogP contribution in [0.3, 0.4) is 0 Å². The molecule has 0 aliphatic heterocycles. The summed E-state index contributed by atoms with van der Waals surface area (Å²) in [5.74, 6) is 0.160. The first kappa shape index (κ1) is 12.9. The van der Waals surface area contributed by atoms with Crippen LogP contribution in [-0.4, -0.2) is 5.97 Å². The summed E-state index contributed by atoms with van der Waals surface area (Å²) in [4.78, 5) is 23.4. The summed E-state index contributed by atoms with van der Waals surface area (Å²) in [6, 6.07) is 5.26. The molecule has 1 aromatic heterocycles. The van der Waals surface area contributed by atoms with Crippen LogP contribution in [0, 0.1) is 0 Å². The third-order valence-electron chi connectivity index (χ3n) is 3.63. The minimum absolute atomic E-state index is 0.262. The van der Waals surface area contributed by atoms with Crippen LogP contribution in [-0.2, 0) is 17.6 Å². The van der Waals surface area contributed by atoms with Crippen molar-refractivity contribution in [2.75, 3.05) is 0 Å². The fourth-order valence-electron chi connectivity index (χ4n) is 2.71. The lowest BCUT2D eigenvalue weighted by atomic mass is 10.1. The number of benzene rings is 1. The van der Waals surface area contributed by atoms with Crippen molar-refractivity contribution in [2.45, 2.75) is 39.0 Å². The molecule has 0 amide bonds. The van der Waals surface area contributed by atoms with E-state index < -0.39 is 0 Å². The van der Waals surface area contributed by atoms with E-state index in [1.54, 1.807) is 12.1 Å². The second kappa shape index (κ2) is 5.12. The van der Waals surface area contributed by atoms with Gasteiger partial charge in [0.2, 0.25) is 0 Å². The van der Waals surface area contributed by atoms with Crippen LogP contribution in [0.5, 0.6) is 5.75 Å². The van der Waals surface area contributed by atoms with Crippen LogP contribution >= 0.6 is 0 Å². The van der Waals surface area contributed by atoms with Crippen LogP contribution < -0.4 is 10.4 Å². The second-order valence-electron chi connectivity index (χ2n) is 5.08. The van der Waals surface area contributed by atoms with E-state index >= 15 is 0 Å². The van der Waals surface area contributed by atoms with Gasteiger partial charge in [0.15, 0.2) is 0 Å². The maximum atomic E-state index is 11.9. The zero-order valence-electron chi connectivity index (χ0n) is 11.4. The molecule has 20 heavy (non-hydrogen) atoms. The van der Waals surface area contributed by atoms with Gasteiger partial charge in [0.1, 0.15) is 11.3 Å². The SMILES string of the molecule is CCCC(=O)Oc1ccc2c3c(c(=O)oc2c1)CCC3. The summed E-state index contributed by atoms with van der Waals surface area (Å²) < 4.78 is 10.6. The fourth-order valence-corrected chi connectivity index (χ4v) is 2.71. The first-order valence-electron chi connectivity index (χ1n) is 6.98. The Labute approximate surface area is 116 Å². The van der Waals surface area contributed by atoms with Crippen molar-refractivity contribution >= 4 is 16.9 Å². The Morgan fingerprint density at radius 2 is 2.10 bits per heavy atom. The van der Waals surface area contributed by atoms with Crippen molar-refractivity contribution in [1.82, 2.24) is 0 Å². The molecule has 1 aromatic carbocycles. The summed E-state index contributed by atoms with van der Waals surface area (Å²) >= 11 is 0. The molecule has 0 saturated carbocycles. The summed E-state index contributed by atoms with van der Waals surface area (Å²) in [6.07, 6.45) is 3.82. The predicted molar refractivity (Wildman–Crippen MR) is 75.1 cm³/mol. The average Bonchev–Trinajstić information content (AvgIpc) is 2.89. The van der Waals surface area contributed by atoms with Gasteiger partial charge in [0, 0.05) is 23.4 Å². The van der Waals surface area contributed by atoms with E-state index in [4.69, 9.17) is 9.15 Å². The van der Waals surface area contributed by atoms with E-state index in [1.165, 1.54) is 0 Å². The number of hydrogen-bond acceptors (Lipinski definition) is 4. The molecular weight excluding hydrogens is 256 g/mol. The Bertz CT molecular complexity index is 727. The Balaban J connectivity index is 2.02. The van der Waals surface area contributed by atoms with Crippen molar-refractivity contribution in [1.29, 1.82) is 0 Å². The van der Waals surface area contributed by atoms with Gasteiger partial charge in [-0.25, -0.2) is 4.79 Å². The normalized spacial score (nSPS) is 13.4. The number of ether oxygens (including phenoxy) is 1. The van der Waals surface area contributed by atoms with Crippen molar-refractivity contribution in [3.63, 3.8) is 0 Å². The molecule has 0 fully saturated rings. The summed E-state index contributed by atoms with van der Waals surface area (Å²) in [5, 5.41) is 0.951. The van der Waals surface area contributed by atoms with E-state index in [9.17, 15) is 9.59 Å². The van der Waals surface area contributed by atoms with Crippen molar-refractivity contribution < 1.29 is 13.9 Å². The van der Waals surface area contributed by atoms with Crippen molar-refractivity contribution in [3.8, 4) is 5.75 Å². The highest BCUT2D eigenvalue weighted by Gasteiger charge is 2.19. The second-order valence-corrected chi connectivity index (χ2v) is 5.08. The molecule has 0 spiro atoms. The third-order valence-corrected chi connectivity index (χ3v) is 3.63. The van der Waals surface area contributed by atoms with Gasteiger partial charge in [0.25, 0.3) is 0 Å². The molecule has 4 heteroatoms. The number of fused-ring (bicyclic) bond motifs is 3. The minimum atomic E-state index is -0.268. The monoisotopic (exact) mass is 272 g/mol. The lowest BCUT2D eigenvalue weighted by Gasteiger charge is -2.07. The number of carbonyl (C=O) groups excluding carboxylic acids is 1. The van der Waals surface area contributed by atoms with Crippen LogP contribution in [0.1, 0.15) is 37.3 Å². The highest BCUT2D eigenvalue weighted by atomic mass is 16.5. The number of aryl methyl sites for hydroxylation is 1. The molecule has 1 heterocycles.